The zero-order valence-corrected chi connectivity index (χ0v) is 12.8. The molecule has 0 aromatic heterocycles. The monoisotopic (exact) mass is 294 g/mol. The molecule has 0 bridgehead atoms. The molecular weight excluding hydrogens is 268 g/mol. The topological polar surface area (TPSA) is 102 Å². The molecule has 0 aliphatic heterocycles. The quantitative estimate of drug-likeness (QED) is 0.546. The van der Waals surface area contributed by atoms with Crippen LogP contribution in [0.25, 0.3) is 0 Å². The lowest BCUT2D eigenvalue weighted by molar-refractivity contribution is -0.514. The van der Waals surface area contributed by atoms with E-state index in [-0.39, 0.29) is 5.92 Å². The van der Waals surface area contributed by atoms with Crippen molar-refractivity contribution in [3.05, 3.63) is 0 Å². The molecule has 0 aromatic carbocycles. The van der Waals surface area contributed by atoms with Crippen molar-refractivity contribution in [1.29, 1.82) is 0 Å². The molecule has 0 aliphatic rings. The molecule has 0 saturated carbocycles. The number of carboxylic acids is 1. The third kappa shape index (κ3) is 16.7. The highest BCUT2D eigenvalue weighted by Gasteiger charge is 2.13. The summed E-state index contributed by atoms with van der Waals surface area (Å²) in [5.41, 5.74) is -0.574. The van der Waals surface area contributed by atoms with E-state index < -0.39 is 17.7 Å². The second kappa shape index (κ2) is 11.5. The van der Waals surface area contributed by atoms with Crippen molar-refractivity contribution < 1.29 is 34.6 Å². The Labute approximate surface area is 119 Å². The number of hydrogen-bond donors (Lipinski definition) is 2. The summed E-state index contributed by atoms with van der Waals surface area (Å²) < 4.78 is 0. The molecule has 0 saturated heterocycles. The van der Waals surface area contributed by atoms with E-state index in [9.17, 15) is 9.59 Å². The zero-order chi connectivity index (χ0) is 16.2. The molecule has 0 spiro atoms. The van der Waals surface area contributed by atoms with E-state index in [2.05, 4.69) is 21.7 Å². The van der Waals surface area contributed by atoms with Gasteiger partial charge < -0.3 is 10.2 Å². The normalized spacial score (nSPS) is 12.1. The van der Waals surface area contributed by atoms with Gasteiger partial charge in [-0.15, -0.1) is 0 Å². The highest BCUT2D eigenvalue weighted by Crippen LogP contribution is 2.11. The first-order chi connectivity index (χ1) is 9.14. The second-order valence-corrected chi connectivity index (χ2v) is 5.20. The van der Waals surface area contributed by atoms with Crippen LogP contribution < -0.4 is 0 Å². The zero-order valence-electron chi connectivity index (χ0n) is 12.8. The molecular formula is C13H26O7. The molecule has 0 rings (SSSR count). The van der Waals surface area contributed by atoms with Crippen molar-refractivity contribution in [2.75, 3.05) is 0 Å². The van der Waals surface area contributed by atoms with Gasteiger partial charge in [-0.1, -0.05) is 26.7 Å². The first-order valence-electron chi connectivity index (χ1n) is 6.62. The molecule has 1 atom stereocenters. The standard InChI is InChI=1S/C8H16O2.C5H10O5/c1-3-5-6-7(4-2)8(9)10;1-5(2,3)9-10-8-4(6)7/h7H,3-6H2,1-2H3,(H,9,10);1-3H3,(H,6,7). The Balaban J connectivity index is 0. The van der Waals surface area contributed by atoms with Gasteiger partial charge in [-0.05, 0) is 38.7 Å². The smallest absolute Gasteiger partial charge is 0.481 e. The molecule has 1 unspecified atom stereocenters. The summed E-state index contributed by atoms with van der Waals surface area (Å²) >= 11 is 0. The Morgan fingerprint density at radius 2 is 1.70 bits per heavy atom. The first kappa shape index (κ1) is 21.0. The van der Waals surface area contributed by atoms with E-state index in [4.69, 9.17) is 10.2 Å². The molecule has 0 heterocycles. The summed E-state index contributed by atoms with van der Waals surface area (Å²) in [6.45, 7) is 9.08. The van der Waals surface area contributed by atoms with Gasteiger partial charge in [0.15, 0.2) is 0 Å². The van der Waals surface area contributed by atoms with Gasteiger partial charge in [0, 0.05) is 0 Å². The molecule has 2 N–H and O–H groups in total. The fraction of sp³-hybridized carbons (Fsp3) is 0.846. The maximum Gasteiger partial charge on any atom is 0.540 e. The van der Waals surface area contributed by atoms with E-state index in [1.807, 2.05) is 6.92 Å². The Kier molecular flexibility index (Phi) is 12.0. The maximum absolute atomic E-state index is 10.4. The lowest BCUT2D eigenvalue weighted by Gasteiger charge is -2.14. The third-order valence-corrected chi connectivity index (χ3v) is 2.14. The predicted molar refractivity (Wildman–Crippen MR) is 72.0 cm³/mol. The molecule has 0 aromatic rings. The van der Waals surface area contributed by atoms with Gasteiger partial charge in [0.2, 0.25) is 0 Å². The molecule has 120 valence electrons. The van der Waals surface area contributed by atoms with Crippen molar-refractivity contribution in [1.82, 2.24) is 0 Å². The van der Waals surface area contributed by atoms with Crippen molar-refractivity contribution in [2.45, 2.75) is 65.9 Å². The van der Waals surface area contributed by atoms with E-state index in [0.29, 0.717) is 0 Å². The number of carboxylic acid groups (broad SMARTS) is 2. The molecule has 20 heavy (non-hydrogen) atoms. The van der Waals surface area contributed by atoms with Gasteiger partial charge in [-0.25, -0.2) is 9.68 Å². The lowest BCUT2D eigenvalue weighted by atomic mass is 10.00. The Morgan fingerprint density at radius 3 is 2.00 bits per heavy atom. The second-order valence-electron chi connectivity index (χ2n) is 5.20. The largest absolute Gasteiger partial charge is 0.540 e. The van der Waals surface area contributed by atoms with Gasteiger partial charge in [-0.3, -0.25) is 4.79 Å². The maximum atomic E-state index is 10.4. The van der Waals surface area contributed by atoms with Gasteiger partial charge in [0.05, 0.1) is 11.5 Å². The summed E-state index contributed by atoms with van der Waals surface area (Å²) in [6, 6.07) is 0. The summed E-state index contributed by atoms with van der Waals surface area (Å²) in [4.78, 5) is 28.1. The molecule has 7 heteroatoms. The van der Waals surface area contributed by atoms with Crippen LogP contribution in [0.2, 0.25) is 0 Å². The first-order valence-corrected chi connectivity index (χ1v) is 6.62. The van der Waals surface area contributed by atoms with E-state index in [1.165, 1.54) is 0 Å². The minimum absolute atomic E-state index is 0.111. The average molecular weight is 294 g/mol. The number of aliphatic carboxylic acids is 1. The van der Waals surface area contributed by atoms with Crippen LogP contribution in [-0.2, 0) is 19.6 Å². The molecule has 0 aliphatic carbocycles. The fourth-order valence-corrected chi connectivity index (χ4v) is 1.10. The van der Waals surface area contributed by atoms with Crippen LogP contribution in [0.5, 0.6) is 0 Å². The Hall–Kier alpha value is -1.34. The summed E-state index contributed by atoms with van der Waals surface area (Å²) in [7, 11) is 0. The van der Waals surface area contributed by atoms with Gasteiger partial charge >= 0.3 is 12.1 Å². The molecule has 7 nitrogen and oxygen atoms in total. The van der Waals surface area contributed by atoms with Crippen LogP contribution in [-0.4, -0.2) is 27.9 Å². The minimum Gasteiger partial charge on any atom is -0.481 e. The Bertz CT molecular complexity index is 270. The van der Waals surface area contributed by atoms with Crippen molar-refractivity contribution in [2.24, 2.45) is 5.92 Å². The molecule has 0 fully saturated rings. The molecule has 0 amide bonds. The third-order valence-electron chi connectivity index (χ3n) is 2.14. The number of hydrogen-bond acceptors (Lipinski definition) is 5. The number of rotatable bonds is 7. The highest BCUT2D eigenvalue weighted by molar-refractivity contribution is 5.69. The predicted octanol–water partition coefficient (Wildman–Crippen LogP) is 3.63. The molecule has 0 radical (unpaired) electrons. The average Bonchev–Trinajstić information content (AvgIpc) is 2.28. The van der Waals surface area contributed by atoms with E-state index in [0.717, 1.165) is 25.7 Å². The van der Waals surface area contributed by atoms with Crippen LogP contribution in [0.15, 0.2) is 0 Å². The van der Waals surface area contributed by atoms with Crippen LogP contribution in [0.4, 0.5) is 4.79 Å². The van der Waals surface area contributed by atoms with Crippen molar-refractivity contribution in [3.63, 3.8) is 0 Å². The highest BCUT2D eigenvalue weighted by atomic mass is 17.5. The van der Waals surface area contributed by atoms with Crippen molar-refractivity contribution in [3.8, 4) is 0 Å². The number of unbranched alkanes of at least 4 members (excludes halogenated alkanes) is 1. The number of carbonyl (C=O) groups is 2. The summed E-state index contributed by atoms with van der Waals surface area (Å²) in [6.07, 6.45) is 2.18. The summed E-state index contributed by atoms with van der Waals surface area (Å²) in [5.74, 6) is -0.754. The van der Waals surface area contributed by atoms with Crippen LogP contribution in [0.3, 0.4) is 0 Å². The summed E-state index contributed by atoms with van der Waals surface area (Å²) in [5, 5.41) is 20.3. The van der Waals surface area contributed by atoms with Crippen molar-refractivity contribution >= 4 is 12.1 Å². The van der Waals surface area contributed by atoms with Crippen LogP contribution in [0.1, 0.15) is 60.3 Å². The van der Waals surface area contributed by atoms with E-state index >= 15 is 0 Å². The van der Waals surface area contributed by atoms with Gasteiger partial charge in [-0.2, -0.15) is 4.89 Å². The minimum atomic E-state index is -1.54. The lowest BCUT2D eigenvalue weighted by Crippen LogP contribution is -2.20. The van der Waals surface area contributed by atoms with Gasteiger partial charge in [0.1, 0.15) is 0 Å². The fourth-order valence-electron chi connectivity index (χ4n) is 1.10. The van der Waals surface area contributed by atoms with Gasteiger partial charge in [0.25, 0.3) is 0 Å². The van der Waals surface area contributed by atoms with Crippen LogP contribution >= 0.6 is 0 Å². The van der Waals surface area contributed by atoms with E-state index in [1.54, 1.807) is 20.8 Å². The SMILES string of the molecule is CC(C)(C)OOOC(=O)O.CCCCC(CC)C(=O)O. The Morgan fingerprint density at radius 1 is 1.15 bits per heavy atom. The van der Waals surface area contributed by atoms with Crippen LogP contribution in [0, 0.1) is 5.92 Å².